The van der Waals surface area contributed by atoms with Crippen LogP contribution in [0.15, 0.2) is 159 Å². The van der Waals surface area contributed by atoms with Crippen molar-refractivity contribution in [2.45, 2.75) is 6.92 Å². The highest BCUT2D eigenvalue weighted by Crippen LogP contribution is 2.35. The van der Waals surface area contributed by atoms with Crippen molar-refractivity contribution in [1.82, 2.24) is 15.3 Å². The molecule has 1 aliphatic rings. The Hall–Kier alpha value is -5.54. The molecule has 0 saturated heterocycles. The quantitative estimate of drug-likeness (QED) is 0.194. The predicted octanol–water partition coefficient (Wildman–Crippen LogP) is 9.79. The normalized spacial score (nSPS) is 13.0. The summed E-state index contributed by atoms with van der Waals surface area (Å²) in [5, 5.41) is 3.35. The molecule has 0 atom stereocenters. The van der Waals surface area contributed by atoms with E-state index in [0.717, 1.165) is 73.3 Å². The number of benzene rings is 3. The maximum Gasteiger partial charge on any atom is 0.0346 e. The van der Waals surface area contributed by atoms with Crippen molar-refractivity contribution >= 4 is 11.1 Å². The molecular weight excluding hydrogens is 522 g/mol. The average Bonchev–Trinajstić information content (AvgIpc) is 3.09. The van der Waals surface area contributed by atoms with Crippen LogP contribution in [0.5, 0.6) is 0 Å². The molecular formula is C40H33N3. The minimum Gasteiger partial charge on any atom is -0.387 e. The van der Waals surface area contributed by atoms with Crippen molar-refractivity contribution in [2.24, 2.45) is 0 Å². The lowest BCUT2D eigenvalue weighted by atomic mass is 9.90. The summed E-state index contributed by atoms with van der Waals surface area (Å²) in [7, 11) is 0. The van der Waals surface area contributed by atoms with Crippen LogP contribution in [0, 0.1) is 0 Å². The van der Waals surface area contributed by atoms with E-state index in [4.69, 9.17) is 0 Å². The van der Waals surface area contributed by atoms with Crippen molar-refractivity contribution in [1.29, 1.82) is 0 Å². The number of dihydropyridines is 1. The van der Waals surface area contributed by atoms with E-state index < -0.39 is 0 Å². The molecule has 3 heteroatoms. The predicted molar refractivity (Wildman–Crippen MR) is 182 cm³/mol. The molecule has 3 nitrogen and oxygen atoms in total. The van der Waals surface area contributed by atoms with Gasteiger partial charge in [-0.25, -0.2) is 0 Å². The van der Waals surface area contributed by atoms with Crippen LogP contribution in [-0.4, -0.2) is 16.5 Å². The summed E-state index contributed by atoms with van der Waals surface area (Å²) in [5.74, 6) is 0. The zero-order chi connectivity index (χ0) is 29.4. The standard InChI is InChI=1S/C40H33N3/c1-3-5-10-29(4-2)35-20-36(22-38(21-35)32-13-7-16-41-26-32)30-11-6-12-31(19-30)37-23-39(33-14-8-17-42-27-33)25-40(24-37)34-15-9-18-43-28-34/h3-17,19-28,43H,2,18H2,1H3/b5-3-,29-10+. The van der Waals surface area contributed by atoms with Gasteiger partial charge in [0, 0.05) is 48.7 Å². The van der Waals surface area contributed by atoms with Crippen LogP contribution in [0.1, 0.15) is 18.1 Å². The highest BCUT2D eigenvalue weighted by atomic mass is 14.8. The summed E-state index contributed by atoms with van der Waals surface area (Å²) in [5.41, 5.74) is 13.5. The number of rotatable bonds is 8. The SMILES string of the molecule is C=C/C(=C\C=C/C)c1cc(-c2cccnc2)cc(-c2cccc(-c3cc(C4=CNCC=C4)cc(-c4cccnc4)c3)c2)c1. The first-order valence-corrected chi connectivity index (χ1v) is 14.5. The second-order valence-electron chi connectivity index (χ2n) is 10.4. The Kier molecular flexibility index (Phi) is 8.33. The first-order chi connectivity index (χ1) is 21.2. The molecule has 0 spiro atoms. The van der Waals surface area contributed by atoms with E-state index in [-0.39, 0.29) is 0 Å². The van der Waals surface area contributed by atoms with Gasteiger partial charge in [0.1, 0.15) is 0 Å². The highest BCUT2D eigenvalue weighted by molar-refractivity contribution is 5.86. The Morgan fingerprint density at radius 2 is 1.26 bits per heavy atom. The van der Waals surface area contributed by atoms with Crippen LogP contribution in [0.3, 0.4) is 0 Å². The molecule has 0 amide bonds. The molecule has 0 fully saturated rings. The van der Waals surface area contributed by atoms with E-state index in [0.29, 0.717) is 0 Å². The maximum absolute atomic E-state index is 4.38. The second kappa shape index (κ2) is 13.0. The van der Waals surface area contributed by atoms with Gasteiger partial charge in [-0.3, -0.25) is 9.97 Å². The molecule has 3 aromatic carbocycles. The van der Waals surface area contributed by atoms with Gasteiger partial charge in [-0.15, -0.1) is 0 Å². The second-order valence-corrected chi connectivity index (χ2v) is 10.4. The number of pyridine rings is 2. The fraction of sp³-hybridized carbons (Fsp3) is 0.0500. The van der Waals surface area contributed by atoms with Crippen LogP contribution in [0.25, 0.3) is 55.7 Å². The Bertz CT molecular complexity index is 1880. The van der Waals surface area contributed by atoms with Gasteiger partial charge < -0.3 is 5.32 Å². The highest BCUT2D eigenvalue weighted by Gasteiger charge is 2.12. The number of hydrogen-bond donors (Lipinski definition) is 1. The third-order valence-electron chi connectivity index (χ3n) is 7.53. The smallest absolute Gasteiger partial charge is 0.0346 e. The average molecular weight is 556 g/mol. The van der Waals surface area contributed by atoms with E-state index in [9.17, 15) is 0 Å². The van der Waals surface area contributed by atoms with E-state index in [1.807, 2.05) is 62.1 Å². The first-order valence-electron chi connectivity index (χ1n) is 14.5. The number of aromatic nitrogens is 2. The van der Waals surface area contributed by atoms with Gasteiger partial charge in [-0.2, -0.15) is 0 Å². The third kappa shape index (κ3) is 6.37. The molecule has 1 aliphatic heterocycles. The Morgan fingerprint density at radius 3 is 1.81 bits per heavy atom. The van der Waals surface area contributed by atoms with E-state index in [2.05, 4.69) is 119 Å². The maximum atomic E-state index is 4.38. The summed E-state index contributed by atoms with van der Waals surface area (Å²) in [6.45, 7) is 6.96. The molecule has 2 aromatic heterocycles. The van der Waals surface area contributed by atoms with Crippen LogP contribution >= 0.6 is 0 Å². The van der Waals surface area contributed by atoms with Gasteiger partial charge >= 0.3 is 0 Å². The van der Waals surface area contributed by atoms with Gasteiger partial charge in [0.25, 0.3) is 0 Å². The number of nitrogens with one attached hydrogen (secondary N) is 1. The molecule has 5 aromatic rings. The van der Waals surface area contributed by atoms with E-state index >= 15 is 0 Å². The van der Waals surface area contributed by atoms with Crippen molar-refractivity contribution < 1.29 is 0 Å². The molecule has 0 bridgehead atoms. The number of nitrogens with zero attached hydrogens (tertiary/aromatic N) is 2. The van der Waals surface area contributed by atoms with Crippen molar-refractivity contribution in [3.8, 4) is 44.5 Å². The van der Waals surface area contributed by atoms with Gasteiger partial charge in [0.05, 0.1) is 0 Å². The first kappa shape index (κ1) is 27.6. The number of allylic oxidation sites excluding steroid dienone is 7. The van der Waals surface area contributed by atoms with Gasteiger partial charge in [0.15, 0.2) is 0 Å². The largest absolute Gasteiger partial charge is 0.387 e. The zero-order valence-electron chi connectivity index (χ0n) is 24.2. The van der Waals surface area contributed by atoms with Crippen LogP contribution < -0.4 is 5.32 Å². The molecule has 0 radical (unpaired) electrons. The van der Waals surface area contributed by atoms with Gasteiger partial charge in [-0.05, 0) is 117 Å². The lowest BCUT2D eigenvalue weighted by Crippen LogP contribution is -2.08. The topological polar surface area (TPSA) is 37.8 Å². The fourth-order valence-corrected chi connectivity index (χ4v) is 5.33. The summed E-state index contributed by atoms with van der Waals surface area (Å²) in [6, 6.07) is 30.4. The molecule has 0 aliphatic carbocycles. The Labute approximate surface area is 254 Å². The van der Waals surface area contributed by atoms with Crippen molar-refractivity contribution in [3.05, 3.63) is 170 Å². The summed E-state index contributed by atoms with van der Waals surface area (Å²) >= 11 is 0. The lowest BCUT2D eigenvalue weighted by molar-refractivity contribution is 0.976. The van der Waals surface area contributed by atoms with Crippen LogP contribution in [0.2, 0.25) is 0 Å². The summed E-state index contributed by atoms with van der Waals surface area (Å²) in [4.78, 5) is 8.76. The summed E-state index contributed by atoms with van der Waals surface area (Å²) < 4.78 is 0. The summed E-state index contributed by atoms with van der Waals surface area (Å²) in [6.07, 6.45) is 22.0. The van der Waals surface area contributed by atoms with E-state index in [1.165, 1.54) is 0 Å². The molecule has 6 rings (SSSR count). The molecule has 0 unspecified atom stereocenters. The molecule has 1 N–H and O–H groups in total. The molecule has 0 saturated carbocycles. The van der Waals surface area contributed by atoms with Crippen LogP contribution in [0.4, 0.5) is 0 Å². The molecule has 43 heavy (non-hydrogen) atoms. The van der Waals surface area contributed by atoms with Gasteiger partial charge in [0.2, 0.25) is 0 Å². The monoisotopic (exact) mass is 555 g/mol. The third-order valence-corrected chi connectivity index (χ3v) is 7.53. The fourth-order valence-electron chi connectivity index (χ4n) is 5.33. The van der Waals surface area contributed by atoms with Gasteiger partial charge in [-0.1, -0.05) is 73.4 Å². The number of hydrogen-bond acceptors (Lipinski definition) is 3. The minimum atomic E-state index is 0.846. The Balaban J connectivity index is 1.49. The minimum absolute atomic E-state index is 0.846. The van der Waals surface area contributed by atoms with Crippen LogP contribution in [-0.2, 0) is 0 Å². The molecule has 3 heterocycles. The lowest BCUT2D eigenvalue weighted by Gasteiger charge is -2.15. The molecule has 208 valence electrons. The zero-order valence-corrected chi connectivity index (χ0v) is 24.2. The van der Waals surface area contributed by atoms with Crippen molar-refractivity contribution in [2.75, 3.05) is 6.54 Å². The Morgan fingerprint density at radius 1 is 0.698 bits per heavy atom. The van der Waals surface area contributed by atoms with E-state index in [1.54, 1.807) is 0 Å². The van der Waals surface area contributed by atoms with Crippen molar-refractivity contribution in [3.63, 3.8) is 0 Å².